The number of hydrogen-bond acceptors (Lipinski definition) is 6. The third kappa shape index (κ3) is 8.30. The Labute approximate surface area is 118 Å². The molecule has 0 heterocycles. The van der Waals surface area contributed by atoms with E-state index >= 15 is 0 Å². The first kappa shape index (κ1) is 18.2. The summed E-state index contributed by atoms with van der Waals surface area (Å²) in [5.41, 5.74) is 15.3. The standard InChI is InChI=1S/C12H24N4O4/c1-12(2,3)10(18)20-7-19-9(17)8(13)5-4-6-16-11(14)15/h8H,4-7,13H2,1-3H3,(H4,14,15,16)/t8-/m0/s1. The second-order valence-electron chi connectivity index (χ2n) is 5.32. The van der Waals surface area contributed by atoms with Crippen LogP contribution in [0.4, 0.5) is 0 Å². The minimum atomic E-state index is -0.794. The van der Waals surface area contributed by atoms with Gasteiger partial charge in [0, 0.05) is 6.54 Å². The van der Waals surface area contributed by atoms with Gasteiger partial charge >= 0.3 is 11.9 Å². The van der Waals surface area contributed by atoms with Crippen LogP contribution >= 0.6 is 0 Å². The first-order valence-electron chi connectivity index (χ1n) is 6.29. The molecule has 8 nitrogen and oxygen atoms in total. The molecule has 116 valence electrons. The fraction of sp³-hybridized carbons (Fsp3) is 0.750. The van der Waals surface area contributed by atoms with Gasteiger partial charge in [-0.2, -0.15) is 0 Å². The molecule has 0 fully saturated rings. The molecule has 0 unspecified atom stereocenters. The Bertz CT molecular complexity index is 359. The molecule has 0 saturated carbocycles. The number of esters is 2. The van der Waals surface area contributed by atoms with E-state index in [0.29, 0.717) is 19.4 Å². The first-order valence-corrected chi connectivity index (χ1v) is 6.29. The number of aliphatic imine (C=N–C) groups is 1. The van der Waals surface area contributed by atoms with E-state index in [0.717, 1.165) is 0 Å². The summed E-state index contributed by atoms with van der Waals surface area (Å²) < 4.78 is 9.55. The highest BCUT2D eigenvalue weighted by molar-refractivity contribution is 5.77. The fourth-order valence-electron chi connectivity index (χ4n) is 1.10. The van der Waals surface area contributed by atoms with Gasteiger partial charge in [-0.25, -0.2) is 0 Å². The lowest BCUT2D eigenvalue weighted by atomic mass is 9.98. The van der Waals surface area contributed by atoms with Gasteiger partial charge in [0.25, 0.3) is 0 Å². The molecule has 0 aromatic rings. The molecule has 0 saturated heterocycles. The fourth-order valence-corrected chi connectivity index (χ4v) is 1.10. The maximum atomic E-state index is 11.5. The zero-order valence-electron chi connectivity index (χ0n) is 12.2. The smallest absolute Gasteiger partial charge is 0.325 e. The van der Waals surface area contributed by atoms with E-state index in [-0.39, 0.29) is 5.96 Å². The molecule has 6 N–H and O–H groups in total. The summed E-state index contributed by atoms with van der Waals surface area (Å²) in [4.78, 5) is 26.6. The lowest BCUT2D eigenvalue weighted by Gasteiger charge is -2.17. The second kappa shape index (κ2) is 8.36. The van der Waals surface area contributed by atoms with Gasteiger partial charge in [0.05, 0.1) is 5.41 Å². The van der Waals surface area contributed by atoms with Crippen LogP contribution in [0.15, 0.2) is 4.99 Å². The highest BCUT2D eigenvalue weighted by Gasteiger charge is 2.23. The zero-order valence-corrected chi connectivity index (χ0v) is 12.2. The number of nitrogens with zero attached hydrogens (tertiary/aromatic N) is 1. The average molecular weight is 288 g/mol. The van der Waals surface area contributed by atoms with Crippen molar-refractivity contribution < 1.29 is 19.1 Å². The zero-order chi connectivity index (χ0) is 15.8. The van der Waals surface area contributed by atoms with Crippen LogP contribution in [0.1, 0.15) is 33.6 Å². The number of hydrogen-bond donors (Lipinski definition) is 3. The normalized spacial score (nSPS) is 12.4. The van der Waals surface area contributed by atoms with Crippen molar-refractivity contribution in [2.24, 2.45) is 27.6 Å². The van der Waals surface area contributed by atoms with Gasteiger partial charge in [0.1, 0.15) is 6.04 Å². The Kier molecular flexibility index (Phi) is 7.60. The minimum Gasteiger partial charge on any atom is -0.427 e. The van der Waals surface area contributed by atoms with Crippen LogP contribution in [0, 0.1) is 5.41 Å². The molecule has 0 aromatic heterocycles. The molecule has 0 aliphatic rings. The summed E-state index contributed by atoms with van der Waals surface area (Å²) in [7, 11) is 0. The summed E-state index contributed by atoms with van der Waals surface area (Å²) in [6.45, 7) is 5.06. The van der Waals surface area contributed by atoms with Crippen molar-refractivity contribution in [2.75, 3.05) is 13.3 Å². The molecular formula is C12H24N4O4. The first-order chi connectivity index (χ1) is 9.14. The summed E-state index contributed by atoms with van der Waals surface area (Å²) >= 11 is 0. The van der Waals surface area contributed by atoms with Gasteiger partial charge < -0.3 is 26.7 Å². The van der Waals surface area contributed by atoms with E-state index in [4.69, 9.17) is 26.7 Å². The van der Waals surface area contributed by atoms with E-state index in [1.165, 1.54) is 0 Å². The Morgan fingerprint density at radius 1 is 1.20 bits per heavy atom. The highest BCUT2D eigenvalue weighted by atomic mass is 16.7. The minimum absolute atomic E-state index is 0.00441. The Hall–Kier alpha value is -1.83. The molecule has 0 rings (SSSR count). The van der Waals surface area contributed by atoms with E-state index < -0.39 is 30.2 Å². The van der Waals surface area contributed by atoms with Gasteiger partial charge in [0.2, 0.25) is 6.79 Å². The van der Waals surface area contributed by atoms with Crippen molar-refractivity contribution >= 4 is 17.9 Å². The molecule has 0 amide bonds. The lowest BCUT2D eigenvalue weighted by Crippen LogP contribution is -2.34. The molecule has 1 atom stereocenters. The summed E-state index contributed by atoms with van der Waals surface area (Å²) in [5, 5.41) is 0. The van der Waals surface area contributed by atoms with Crippen LogP contribution in [0.25, 0.3) is 0 Å². The number of guanidine groups is 1. The molecule has 0 spiro atoms. The molecule has 20 heavy (non-hydrogen) atoms. The van der Waals surface area contributed by atoms with Crippen LogP contribution in [0.5, 0.6) is 0 Å². The monoisotopic (exact) mass is 288 g/mol. The molecule has 0 aliphatic carbocycles. The number of carbonyl (C=O) groups is 2. The summed E-state index contributed by atoms with van der Waals surface area (Å²) in [6.07, 6.45) is 0.929. The van der Waals surface area contributed by atoms with Crippen molar-refractivity contribution in [1.29, 1.82) is 0 Å². The SMILES string of the molecule is CC(C)(C)C(=O)OCOC(=O)[C@@H](N)CCCN=C(N)N. The predicted octanol–water partition coefficient (Wildman–Crippen LogP) is -0.543. The van der Waals surface area contributed by atoms with Crippen LogP contribution < -0.4 is 17.2 Å². The van der Waals surface area contributed by atoms with E-state index in [2.05, 4.69) is 4.99 Å². The molecule has 8 heteroatoms. The van der Waals surface area contributed by atoms with Gasteiger partial charge in [-0.15, -0.1) is 0 Å². The Balaban J connectivity index is 3.86. The number of nitrogens with two attached hydrogens (primary N) is 3. The topological polar surface area (TPSA) is 143 Å². The van der Waals surface area contributed by atoms with Crippen LogP contribution in [0.3, 0.4) is 0 Å². The third-order valence-corrected chi connectivity index (χ3v) is 2.27. The Morgan fingerprint density at radius 2 is 1.80 bits per heavy atom. The molecule has 0 bridgehead atoms. The molecule has 0 aliphatic heterocycles. The maximum absolute atomic E-state index is 11.5. The Morgan fingerprint density at radius 3 is 2.30 bits per heavy atom. The molecule has 0 radical (unpaired) electrons. The summed E-state index contributed by atoms with van der Waals surface area (Å²) in [5.74, 6) is -1.08. The van der Waals surface area contributed by atoms with E-state index in [1.54, 1.807) is 20.8 Å². The van der Waals surface area contributed by atoms with Gasteiger partial charge in [-0.05, 0) is 33.6 Å². The van der Waals surface area contributed by atoms with Crippen molar-refractivity contribution in [3.63, 3.8) is 0 Å². The maximum Gasteiger partial charge on any atom is 0.325 e. The van der Waals surface area contributed by atoms with Crippen molar-refractivity contribution in [2.45, 2.75) is 39.7 Å². The average Bonchev–Trinajstić information content (AvgIpc) is 2.32. The van der Waals surface area contributed by atoms with Gasteiger partial charge in [-0.1, -0.05) is 0 Å². The summed E-state index contributed by atoms with van der Waals surface area (Å²) in [6, 6.07) is -0.794. The second-order valence-corrected chi connectivity index (χ2v) is 5.32. The van der Waals surface area contributed by atoms with Crippen molar-refractivity contribution in [1.82, 2.24) is 0 Å². The van der Waals surface area contributed by atoms with Crippen LogP contribution in [-0.2, 0) is 19.1 Å². The molecule has 0 aromatic carbocycles. The van der Waals surface area contributed by atoms with Crippen LogP contribution in [-0.4, -0.2) is 37.3 Å². The number of ether oxygens (including phenoxy) is 2. The van der Waals surface area contributed by atoms with E-state index in [1.807, 2.05) is 0 Å². The third-order valence-electron chi connectivity index (χ3n) is 2.27. The van der Waals surface area contributed by atoms with E-state index in [9.17, 15) is 9.59 Å². The quantitative estimate of drug-likeness (QED) is 0.187. The van der Waals surface area contributed by atoms with Gasteiger partial charge in [0.15, 0.2) is 5.96 Å². The predicted molar refractivity (Wildman–Crippen MR) is 74.4 cm³/mol. The number of rotatable bonds is 7. The van der Waals surface area contributed by atoms with Crippen molar-refractivity contribution in [3.8, 4) is 0 Å². The van der Waals surface area contributed by atoms with Crippen LogP contribution in [0.2, 0.25) is 0 Å². The largest absolute Gasteiger partial charge is 0.427 e. The van der Waals surface area contributed by atoms with Crippen molar-refractivity contribution in [3.05, 3.63) is 0 Å². The number of carbonyl (C=O) groups excluding carboxylic acids is 2. The molecular weight excluding hydrogens is 264 g/mol. The van der Waals surface area contributed by atoms with Gasteiger partial charge in [-0.3, -0.25) is 14.6 Å². The highest BCUT2D eigenvalue weighted by Crippen LogP contribution is 2.14. The lowest BCUT2D eigenvalue weighted by molar-refractivity contribution is -0.173.